The molecule has 0 fully saturated rings. The van der Waals surface area contributed by atoms with Crippen LogP contribution in [-0.2, 0) is 6.42 Å². The van der Waals surface area contributed by atoms with E-state index in [0.29, 0.717) is 5.92 Å². The Bertz CT molecular complexity index is 802. The summed E-state index contributed by atoms with van der Waals surface area (Å²) in [5.41, 5.74) is 11.5. The van der Waals surface area contributed by atoms with Gasteiger partial charge in [-0.1, -0.05) is 42.5 Å². The fourth-order valence-electron chi connectivity index (χ4n) is 3.55. The van der Waals surface area contributed by atoms with E-state index in [1.54, 1.807) is 0 Å². The normalized spacial score (nSPS) is 18.9. The molecule has 3 aromatic rings. The maximum absolute atomic E-state index is 6.54. The fourth-order valence-corrected chi connectivity index (χ4v) is 3.55. The van der Waals surface area contributed by atoms with E-state index < -0.39 is 0 Å². The lowest BCUT2D eigenvalue weighted by Crippen LogP contribution is -2.17. The smallest absolute Gasteiger partial charge is 0.137 e. The van der Waals surface area contributed by atoms with Crippen LogP contribution in [0.3, 0.4) is 0 Å². The second-order valence-corrected chi connectivity index (χ2v) is 6.01. The van der Waals surface area contributed by atoms with Crippen molar-refractivity contribution in [3.63, 3.8) is 0 Å². The van der Waals surface area contributed by atoms with E-state index in [4.69, 9.17) is 10.2 Å². The summed E-state index contributed by atoms with van der Waals surface area (Å²) in [6.07, 6.45) is 2.23. The minimum absolute atomic E-state index is 0.0690. The molecule has 1 aliphatic carbocycles. The first-order chi connectivity index (χ1) is 10.2. The van der Waals surface area contributed by atoms with Gasteiger partial charge in [-0.05, 0) is 42.5 Å². The van der Waals surface area contributed by atoms with Gasteiger partial charge in [-0.15, -0.1) is 0 Å². The Kier molecular flexibility index (Phi) is 2.86. The van der Waals surface area contributed by atoms with Crippen LogP contribution in [0.4, 0.5) is 0 Å². The molecule has 0 radical (unpaired) electrons. The molecule has 2 heteroatoms. The highest BCUT2D eigenvalue weighted by molar-refractivity contribution is 5.81. The minimum atomic E-state index is -0.0690. The van der Waals surface area contributed by atoms with Crippen molar-refractivity contribution in [1.29, 1.82) is 0 Å². The lowest BCUT2D eigenvalue weighted by molar-refractivity contribution is 0.440. The average Bonchev–Trinajstić information content (AvgIpc) is 3.11. The van der Waals surface area contributed by atoms with Crippen molar-refractivity contribution in [2.45, 2.75) is 31.7 Å². The Morgan fingerprint density at radius 2 is 2.00 bits per heavy atom. The van der Waals surface area contributed by atoms with Crippen LogP contribution in [0.15, 0.2) is 52.9 Å². The Labute approximate surface area is 124 Å². The van der Waals surface area contributed by atoms with Gasteiger partial charge in [0.25, 0.3) is 0 Å². The van der Waals surface area contributed by atoms with Crippen molar-refractivity contribution in [1.82, 2.24) is 0 Å². The fraction of sp³-hybridized carbons (Fsp3) is 0.263. The largest absolute Gasteiger partial charge is 0.459 e. The van der Waals surface area contributed by atoms with Gasteiger partial charge in [0.15, 0.2) is 0 Å². The highest BCUT2D eigenvalue weighted by Gasteiger charge is 2.30. The van der Waals surface area contributed by atoms with Crippen molar-refractivity contribution in [3.8, 4) is 0 Å². The van der Waals surface area contributed by atoms with Crippen LogP contribution in [0.5, 0.6) is 0 Å². The van der Waals surface area contributed by atoms with Crippen LogP contribution < -0.4 is 5.73 Å². The van der Waals surface area contributed by atoms with Gasteiger partial charge >= 0.3 is 0 Å². The van der Waals surface area contributed by atoms with Crippen molar-refractivity contribution in [3.05, 3.63) is 71.0 Å². The number of rotatable bonds is 2. The molecule has 2 atom stereocenters. The Balaban J connectivity index is 1.74. The number of hydrogen-bond acceptors (Lipinski definition) is 2. The maximum atomic E-state index is 6.54. The van der Waals surface area contributed by atoms with E-state index in [1.807, 2.05) is 0 Å². The van der Waals surface area contributed by atoms with Crippen molar-refractivity contribution in [2.24, 2.45) is 5.73 Å². The van der Waals surface area contributed by atoms with E-state index >= 15 is 0 Å². The summed E-state index contributed by atoms with van der Waals surface area (Å²) >= 11 is 0. The molecule has 106 valence electrons. The molecule has 1 aromatic heterocycles. The zero-order valence-electron chi connectivity index (χ0n) is 12.2. The van der Waals surface area contributed by atoms with Crippen LogP contribution in [0, 0.1) is 6.92 Å². The molecule has 2 nitrogen and oxygen atoms in total. The summed E-state index contributed by atoms with van der Waals surface area (Å²) in [4.78, 5) is 0. The van der Waals surface area contributed by atoms with E-state index in [0.717, 1.165) is 35.1 Å². The number of hydrogen-bond donors (Lipinski definition) is 1. The third-order valence-corrected chi connectivity index (χ3v) is 4.70. The highest BCUT2D eigenvalue weighted by atomic mass is 16.3. The third-order valence-electron chi connectivity index (χ3n) is 4.70. The standard InChI is InChI=1S/C19H19NO/c1-12-5-4-7-14-11-17(21-19(12)14)18(20)16-10-9-13-6-2-3-8-15(13)16/h2-8,11,16,18H,9-10,20H2,1H3. The number of fused-ring (bicyclic) bond motifs is 2. The van der Waals surface area contributed by atoms with Crippen molar-refractivity contribution >= 4 is 11.0 Å². The predicted octanol–water partition coefficient (Wildman–Crippen LogP) is 4.47. The molecule has 21 heavy (non-hydrogen) atoms. The number of aryl methyl sites for hydroxylation is 2. The number of para-hydroxylation sites is 1. The molecular formula is C19H19NO. The molecule has 1 heterocycles. The van der Waals surface area contributed by atoms with Crippen LogP contribution in [0.25, 0.3) is 11.0 Å². The Morgan fingerprint density at radius 3 is 2.86 bits per heavy atom. The molecule has 2 N–H and O–H groups in total. The van der Waals surface area contributed by atoms with Gasteiger partial charge < -0.3 is 10.2 Å². The van der Waals surface area contributed by atoms with Gasteiger partial charge in [0.2, 0.25) is 0 Å². The number of furan rings is 1. The second-order valence-electron chi connectivity index (χ2n) is 6.01. The monoisotopic (exact) mass is 277 g/mol. The quantitative estimate of drug-likeness (QED) is 0.750. The molecule has 4 rings (SSSR count). The molecule has 2 unspecified atom stereocenters. The number of benzene rings is 2. The van der Waals surface area contributed by atoms with Gasteiger partial charge in [-0.3, -0.25) is 0 Å². The Morgan fingerprint density at radius 1 is 1.14 bits per heavy atom. The lowest BCUT2D eigenvalue weighted by Gasteiger charge is -2.18. The predicted molar refractivity (Wildman–Crippen MR) is 85.4 cm³/mol. The summed E-state index contributed by atoms with van der Waals surface area (Å²) in [6, 6.07) is 16.9. The SMILES string of the molecule is Cc1cccc2cc(C(N)C3CCc4ccccc43)oc12. The van der Waals surface area contributed by atoms with Gasteiger partial charge in [0.05, 0.1) is 6.04 Å². The lowest BCUT2D eigenvalue weighted by atomic mass is 9.92. The number of nitrogens with two attached hydrogens (primary N) is 1. The summed E-state index contributed by atoms with van der Waals surface area (Å²) in [5.74, 6) is 1.27. The van der Waals surface area contributed by atoms with Gasteiger partial charge in [-0.2, -0.15) is 0 Å². The first-order valence-corrected chi connectivity index (χ1v) is 7.56. The summed E-state index contributed by atoms with van der Waals surface area (Å²) < 4.78 is 6.06. The van der Waals surface area contributed by atoms with Gasteiger partial charge in [-0.25, -0.2) is 0 Å². The third kappa shape index (κ3) is 1.98. The van der Waals surface area contributed by atoms with Crippen LogP contribution in [0.1, 0.15) is 40.8 Å². The minimum Gasteiger partial charge on any atom is -0.459 e. The van der Waals surface area contributed by atoms with Gasteiger partial charge in [0, 0.05) is 11.3 Å². The van der Waals surface area contributed by atoms with Gasteiger partial charge in [0.1, 0.15) is 11.3 Å². The summed E-state index contributed by atoms with van der Waals surface area (Å²) in [6.45, 7) is 2.08. The van der Waals surface area contributed by atoms with Crippen LogP contribution in [-0.4, -0.2) is 0 Å². The second kappa shape index (κ2) is 4.74. The molecule has 1 aliphatic rings. The van der Waals surface area contributed by atoms with E-state index in [-0.39, 0.29) is 6.04 Å². The Hall–Kier alpha value is -2.06. The molecule has 2 aromatic carbocycles. The van der Waals surface area contributed by atoms with Crippen molar-refractivity contribution in [2.75, 3.05) is 0 Å². The molecular weight excluding hydrogens is 258 g/mol. The zero-order chi connectivity index (χ0) is 14.4. The topological polar surface area (TPSA) is 39.2 Å². The first kappa shape index (κ1) is 12.7. The summed E-state index contributed by atoms with van der Waals surface area (Å²) in [5, 5.41) is 1.15. The van der Waals surface area contributed by atoms with E-state index in [1.165, 1.54) is 11.1 Å². The first-order valence-electron chi connectivity index (χ1n) is 7.56. The molecule has 0 spiro atoms. The summed E-state index contributed by atoms with van der Waals surface area (Å²) in [7, 11) is 0. The highest BCUT2D eigenvalue weighted by Crippen LogP contribution is 2.41. The molecule has 0 aliphatic heterocycles. The average molecular weight is 277 g/mol. The molecule has 0 bridgehead atoms. The molecule has 0 saturated heterocycles. The maximum Gasteiger partial charge on any atom is 0.137 e. The molecule has 0 amide bonds. The van der Waals surface area contributed by atoms with Crippen LogP contribution >= 0.6 is 0 Å². The molecule has 0 saturated carbocycles. The van der Waals surface area contributed by atoms with E-state index in [2.05, 4.69) is 55.5 Å². The van der Waals surface area contributed by atoms with E-state index in [9.17, 15) is 0 Å². The zero-order valence-corrected chi connectivity index (χ0v) is 12.2. The van der Waals surface area contributed by atoms with Crippen molar-refractivity contribution < 1.29 is 4.42 Å². The van der Waals surface area contributed by atoms with Crippen LogP contribution in [0.2, 0.25) is 0 Å².